The number of hydrogen-bond donors (Lipinski definition) is 0. The summed E-state index contributed by atoms with van der Waals surface area (Å²) >= 11 is 0. The highest BCUT2D eigenvalue weighted by Crippen LogP contribution is 2.37. The van der Waals surface area contributed by atoms with Gasteiger partial charge in [-0.1, -0.05) is 42.5 Å². The lowest BCUT2D eigenvalue weighted by Crippen LogP contribution is -2.46. The maximum atomic E-state index is 13.6. The quantitative estimate of drug-likeness (QED) is 0.262. The Morgan fingerprint density at radius 1 is 0.868 bits per heavy atom. The van der Waals surface area contributed by atoms with Gasteiger partial charge in [0.05, 0.1) is 30.2 Å². The van der Waals surface area contributed by atoms with Crippen molar-refractivity contribution in [3.8, 4) is 0 Å². The Morgan fingerprint density at radius 2 is 1.47 bits per heavy atom. The molecule has 0 N–H and O–H groups in total. The Hall–Kier alpha value is -3.44. The lowest BCUT2D eigenvalue weighted by Gasteiger charge is -2.40. The van der Waals surface area contributed by atoms with Gasteiger partial charge in [-0.15, -0.1) is 0 Å². The van der Waals surface area contributed by atoms with E-state index in [2.05, 4.69) is 0 Å². The molecular formula is C27H22F7NO3. The highest BCUT2D eigenvalue weighted by molar-refractivity contribution is 5.73. The summed E-state index contributed by atoms with van der Waals surface area (Å²) in [6, 6.07) is 15.0. The van der Waals surface area contributed by atoms with Crippen LogP contribution in [0, 0.1) is 5.82 Å². The SMILES string of the molecule is O=C(Cc1cc(C(F)(F)F)cc(C(F)(F)F)c1)OC1OCCN(Cc2ccccc2)C1c1ccc(F)cc1. The Bertz CT molecular complexity index is 1210. The molecular weight excluding hydrogens is 519 g/mol. The van der Waals surface area contributed by atoms with Crippen LogP contribution in [0.2, 0.25) is 0 Å². The molecule has 0 saturated carbocycles. The number of nitrogens with zero attached hydrogens (tertiary/aromatic N) is 1. The van der Waals surface area contributed by atoms with Crippen LogP contribution in [0.5, 0.6) is 0 Å². The van der Waals surface area contributed by atoms with Gasteiger partial charge in [-0.25, -0.2) is 4.39 Å². The van der Waals surface area contributed by atoms with Crippen LogP contribution in [0.15, 0.2) is 72.8 Å². The Labute approximate surface area is 213 Å². The van der Waals surface area contributed by atoms with Crippen LogP contribution >= 0.6 is 0 Å². The van der Waals surface area contributed by atoms with Gasteiger partial charge >= 0.3 is 18.3 Å². The van der Waals surface area contributed by atoms with E-state index < -0.39 is 59.6 Å². The maximum absolute atomic E-state index is 13.6. The van der Waals surface area contributed by atoms with E-state index >= 15 is 0 Å². The summed E-state index contributed by atoms with van der Waals surface area (Å²) < 4.78 is 104. The van der Waals surface area contributed by atoms with Gasteiger partial charge in [-0.2, -0.15) is 26.3 Å². The Kier molecular flexibility index (Phi) is 8.08. The molecule has 1 heterocycles. The summed E-state index contributed by atoms with van der Waals surface area (Å²) in [6.07, 6.45) is -12.2. The first-order chi connectivity index (χ1) is 17.9. The van der Waals surface area contributed by atoms with E-state index in [1.54, 1.807) is 0 Å². The van der Waals surface area contributed by atoms with Gasteiger partial charge in [-0.3, -0.25) is 9.69 Å². The molecule has 3 aromatic carbocycles. The lowest BCUT2D eigenvalue weighted by molar-refractivity contribution is -0.214. The molecule has 0 spiro atoms. The molecule has 0 aromatic heterocycles. The predicted molar refractivity (Wildman–Crippen MR) is 122 cm³/mol. The van der Waals surface area contributed by atoms with Crippen molar-refractivity contribution in [1.29, 1.82) is 0 Å². The second-order valence-corrected chi connectivity index (χ2v) is 8.77. The minimum atomic E-state index is -5.04. The zero-order valence-corrected chi connectivity index (χ0v) is 19.7. The number of morpholine rings is 1. The normalized spacial score (nSPS) is 18.8. The first kappa shape index (κ1) is 27.6. The largest absolute Gasteiger partial charge is 0.433 e. The molecule has 0 bridgehead atoms. The number of carbonyl (C=O) groups is 1. The van der Waals surface area contributed by atoms with Gasteiger partial charge in [0, 0.05) is 13.1 Å². The van der Waals surface area contributed by atoms with Crippen molar-refractivity contribution >= 4 is 5.97 Å². The third kappa shape index (κ3) is 6.90. The number of esters is 1. The predicted octanol–water partition coefficient (Wildman–Crippen LogP) is 6.55. The molecule has 3 aromatic rings. The summed E-state index contributed by atoms with van der Waals surface area (Å²) in [7, 11) is 0. The second kappa shape index (κ2) is 11.1. The van der Waals surface area contributed by atoms with Crippen molar-refractivity contribution in [2.75, 3.05) is 13.2 Å². The zero-order valence-electron chi connectivity index (χ0n) is 19.7. The average Bonchev–Trinajstić information content (AvgIpc) is 2.84. The molecule has 4 nitrogen and oxygen atoms in total. The number of alkyl halides is 6. The van der Waals surface area contributed by atoms with Crippen LogP contribution in [0.1, 0.15) is 33.9 Å². The van der Waals surface area contributed by atoms with Gasteiger partial charge in [0.15, 0.2) is 0 Å². The van der Waals surface area contributed by atoms with E-state index in [0.29, 0.717) is 30.8 Å². The standard InChI is InChI=1S/C27H22F7NO3/c28-22-8-6-19(7-9-22)24-25(37-11-10-35(24)16-17-4-2-1-3-5-17)38-23(36)14-18-12-20(26(29,30)31)15-21(13-18)27(32,33)34/h1-9,12-13,15,24-25H,10-11,14,16H2. The summed E-state index contributed by atoms with van der Waals surface area (Å²) in [4.78, 5) is 14.7. The Balaban J connectivity index is 1.58. The van der Waals surface area contributed by atoms with E-state index in [9.17, 15) is 35.5 Å². The topological polar surface area (TPSA) is 38.8 Å². The van der Waals surface area contributed by atoms with Crippen LogP contribution in [0.4, 0.5) is 30.7 Å². The minimum absolute atomic E-state index is 0.00883. The molecule has 0 aliphatic carbocycles. The van der Waals surface area contributed by atoms with Crippen LogP contribution in [0.25, 0.3) is 0 Å². The highest BCUT2D eigenvalue weighted by Gasteiger charge is 2.39. The summed E-state index contributed by atoms with van der Waals surface area (Å²) in [6.45, 7) is 0.987. The van der Waals surface area contributed by atoms with Crippen molar-refractivity contribution in [2.45, 2.75) is 37.7 Å². The molecule has 1 aliphatic heterocycles. The van der Waals surface area contributed by atoms with Gasteiger partial charge in [0.2, 0.25) is 6.29 Å². The van der Waals surface area contributed by atoms with Crippen molar-refractivity contribution in [3.05, 3.63) is 106 Å². The van der Waals surface area contributed by atoms with Gasteiger partial charge in [0.1, 0.15) is 5.82 Å². The molecule has 2 unspecified atom stereocenters. The van der Waals surface area contributed by atoms with E-state index in [1.165, 1.54) is 24.3 Å². The first-order valence-corrected chi connectivity index (χ1v) is 11.5. The molecule has 1 fully saturated rings. The van der Waals surface area contributed by atoms with Gasteiger partial charge in [0.25, 0.3) is 0 Å². The van der Waals surface area contributed by atoms with Crippen LogP contribution in [0.3, 0.4) is 0 Å². The van der Waals surface area contributed by atoms with Crippen LogP contribution in [-0.2, 0) is 39.6 Å². The molecule has 0 radical (unpaired) electrons. The van der Waals surface area contributed by atoms with Crippen molar-refractivity contribution in [1.82, 2.24) is 4.90 Å². The molecule has 0 amide bonds. The number of halogens is 7. The monoisotopic (exact) mass is 541 g/mol. The molecule has 2 atom stereocenters. The van der Waals surface area contributed by atoms with Gasteiger partial charge in [-0.05, 0) is 47.0 Å². The van der Waals surface area contributed by atoms with E-state index in [0.717, 1.165) is 5.56 Å². The van der Waals surface area contributed by atoms with Gasteiger partial charge < -0.3 is 9.47 Å². The fourth-order valence-corrected chi connectivity index (χ4v) is 4.27. The van der Waals surface area contributed by atoms with E-state index in [4.69, 9.17) is 9.47 Å². The fraction of sp³-hybridized carbons (Fsp3) is 0.296. The molecule has 202 valence electrons. The van der Waals surface area contributed by atoms with Crippen molar-refractivity contribution in [3.63, 3.8) is 0 Å². The minimum Gasteiger partial charge on any atom is -0.433 e. The third-order valence-corrected chi connectivity index (χ3v) is 6.00. The maximum Gasteiger partial charge on any atom is 0.416 e. The molecule has 1 saturated heterocycles. The number of ether oxygens (including phenoxy) is 2. The molecule has 11 heteroatoms. The molecule has 38 heavy (non-hydrogen) atoms. The third-order valence-electron chi connectivity index (χ3n) is 6.00. The number of benzene rings is 3. The van der Waals surface area contributed by atoms with Crippen molar-refractivity contribution in [2.24, 2.45) is 0 Å². The van der Waals surface area contributed by atoms with E-state index in [-0.39, 0.29) is 12.7 Å². The fourth-order valence-electron chi connectivity index (χ4n) is 4.27. The average molecular weight is 541 g/mol. The van der Waals surface area contributed by atoms with Crippen molar-refractivity contribution < 1.29 is 45.0 Å². The number of hydrogen-bond acceptors (Lipinski definition) is 4. The highest BCUT2D eigenvalue weighted by atomic mass is 19.4. The Morgan fingerprint density at radius 3 is 2.05 bits per heavy atom. The number of carbonyl (C=O) groups excluding carboxylic acids is 1. The number of rotatable bonds is 6. The first-order valence-electron chi connectivity index (χ1n) is 11.5. The van der Waals surface area contributed by atoms with Crippen LogP contribution in [-0.4, -0.2) is 30.3 Å². The second-order valence-electron chi connectivity index (χ2n) is 8.77. The van der Waals surface area contributed by atoms with E-state index in [1.807, 2.05) is 35.2 Å². The summed E-state index contributed by atoms with van der Waals surface area (Å²) in [5.74, 6) is -1.56. The van der Waals surface area contributed by atoms with Crippen LogP contribution < -0.4 is 0 Å². The summed E-state index contributed by atoms with van der Waals surface area (Å²) in [5, 5.41) is 0. The smallest absolute Gasteiger partial charge is 0.416 e. The summed E-state index contributed by atoms with van der Waals surface area (Å²) in [5.41, 5.74) is -2.06. The molecule has 4 rings (SSSR count). The zero-order chi connectivity index (χ0) is 27.5. The molecule has 1 aliphatic rings. The lowest BCUT2D eigenvalue weighted by atomic mass is 10.0.